The molecule has 2 heteroatoms. The lowest BCUT2D eigenvalue weighted by atomic mass is 9.66. The first-order valence-corrected chi connectivity index (χ1v) is 4.21. The minimum absolute atomic E-state index is 0.540. The van der Waals surface area contributed by atoms with Gasteiger partial charge in [0, 0.05) is 12.6 Å². The molecule has 2 fully saturated rings. The highest BCUT2D eigenvalue weighted by Crippen LogP contribution is 2.38. The molecular formula is C8H16N2. The van der Waals surface area contributed by atoms with Crippen LogP contribution in [0, 0.1) is 11.8 Å². The Morgan fingerprint density at radius 1 is 1.50 bits per heavy atom. The molecule has 2 N–H and O–H groups in total. The van der Waals surface area contributed by atoms with Crippen molar-refractivity contribution >= 4 is 0 Å². The number of likely N-dealkylation sites (tertiary alicyclic amines) is 1. The molecule has 0 aromatic carbocycles. The van der Waals surface area contributed by atoms with Gasteiger partial charge in [0.15, 0.2) is 0 Å². The van der Waals surface area contributed by atoms with Gasteiger partial charge in [-0.05, 0) is 38.3 Å². The minimum Gasteiger partial charge on any atom is -0.327 e. The highest BCUT2D eigenvalue weighted by atomic mass is 15.1. The molecule has 1 saturated heterocycles. The van der Waals surface area contributed by atoms with Crippen molar-refractivity contribution in [1.29, 1.82) is 0 Å². The van der Waals surface area contributed by atoms with Gasteiger partial charge in [-0.15, -0.1) is 0 Å². The SMILES string of the molecule is CN1CC[C@@H]2[C@@H](C[C@@H]2N)C1. The van der Waals surface area contributed by atoms with Gasteiger partial charge in [-0.3, -0.25) is 0 Å². The highest BCUT2D eigenvalue weighted by molar-refractivity contribution is 4.95. The maximum Gasteiger partial charge on any atom is 0.00740 e. The topological polar surface area (TPSA) is 29.3 Å². The van der Waals surface area contributed by atoms with E-state index in [0.29, 0.717) is 6.04 Å². The quantitative estimate of drug-likeness (QED) is 0.524. The molecule has 1 aliphatic heterocycles. The zero-order chi connectivity index (χ0) is 7.14. The first-order chi connectivity index (χ1) is 4.77. The first-order valence-electron chi connectivity index (χ1n) is 4.21. The summed E-state index contributed by atoms with van der Waals surface area (Å²) in [5, 5.41) is 0. The molecule has 58 valence electrons. The van der Waals surface area contributed by atoms with Crippen molar-refractivity contribution in [1.82, 2.24) is 4.90 Å². The number of nitrogens with two attached hydrogens (primary N) is 1. The molecule has 1 heterocycles. The molecule has 0 aromatic heterocycles. The predicted octanol–water partition coefficient (Wildman–Crippen LogP) is 0.285. The third-order valence-electron chi connectivity index (χ3n) is 3.12. The van der Waals surface area contributed by atoms with Gasteiger partial charge in [0.2, 0.25) is 0 Å². The van der Waals surface area contributed by atoms with Crippen LogP contribution in [0.2, 0.25) is 0 Å². The molecule has 2 aliphatic rings. The zero-order valence-corrected chi connectivity index (χ0v) is 6.59. The Morgan fingerprint density at radius 3 is 2.90 bits per heavy atom. The summed E-state index contributed by atoms with van der Waals surface area (Å²) in [4.78, 5) is 2.42. The zero-order valence-electron chi connectivity index (χ0n) is 6.59. The second-order valence-corrected chi connectivity index (χ2v) is 3.87. The van der Waals surface area contributed by atoms with Crippen molar-refractivity contribution in [2.75, 3.05) is 20.1 Å². The highest BCUT2D eigenvalue weighted by Gasteiger charge is 2.40. The van der Waals surface area contributed by atoms with Crippen molar-refractivity contribution in [2.24, 2.45) is 17.6 Å². The van der Waals surface area contributed by atoms with Crippen molar-refractivity contribution in [3.63, 3.8) is 0 Å². The molecule has 1 aliphatic carbocycles. The van der Waals surface area contributed by atoms with Crippen LogP contribution in [0.4, 0.5) is 0 Å². The third kappa shape index (κ3) is 0.867. The third-order valence-corrected chi connectivity index (χ3v) is 3.12. The van der Waals surface area contributed by atoms with Crippen LogP contribution in [0.25, 0.3) is 0 Å². The summed E-state index contributed by atoms with van der Waals surface area (Å²) in [6.45, 7) is 2.55. The van der Waals surface area contributed by atoms with Gasteiger partial charge in [-0.1, -0.05) is 0 Å². The predicted molar refractivity (Wildman–Crippen MR) is 41.7 cm³/mol. The Kier molecular flexibility index (Phi) is 1.46. The molecule has 10 heavy (non-hydrogen) atoms. The van der Waals surface area contributed by atoms with Crippen LogP contribution >= 0.6 is 0 Å². The van der Waals surface area contributed by atoms with Gasteiger partial charge in [0.05, 0.1) is 0 Å². The fourth-order valence-electron chi connectivity index (χ4n) is 2.37. The maximum atomic E-state index is 5.86. The van der Waals surface area contributed by atoms with Crippen molar-refractivity contribution in [3.05, 3.63) is 0 Å². The number of nitrogens with zero attached hydrogens (tertiary/aromatic N) is 1. The standard InChI is InChI=1S/C8H16N2/c1-10-3-2-7-6(5-10)4-8(7)9/h6-8H,2-5,9H2,1H3/t6-,7+,8-/m0/s1. The Hall–Kier alpha value is -0.0800. The molecule has 0 radical (unpaired) electrons. The Balaban J connectivity index is 1.93. The van der Waals surface area contributed by atoms with Crippen LogP contribution < -0.4 is 5.73 Å². The van der Waals surface area contributed by atoms with Crippen LogP contribution in [0.15, 0.2) is 0 Å². The molecule has 3 atom stereocenters. The summed E-state index contributed by atoms with van der Waals surface area (Å²) in [5.74, 6) is 1.81. The summed E-state index contributed by atoms with van der Waals surface area (Å²) >= 11 is 0. The Labute approximate surface area is 62.4 Å². The van der Waals surface area contributed by atoms with Gasteiger partial charge < -0.3 is 10.6 Å². The lowest BCUT2D eigenvalue weighted by Crippen LogP contribution is -2.55. The average molecular weight is 140 g/mol. The van der Waals surface area contributed by atoms with Crippen LogP contribution in [0.1, 0.15) is 12.8 Å². The van der Waals surface area contributed by atoms with Crippen molar-refractivity contribution in [2.45, 2.75) is 18.9 Å². The van der Waals surface area contributed by atoms with E-state index in [1.54, 1.807) is 0 Å². The van der Waals surface area contributed by atoms with Gasteiger partial charge in [-0.25, -0.2) is 0 Å². The smallest absolute Gasteiger partial charge is 0.00740 e. The van der Waals surface area contributed by atoms with Crippen LogP contribution in [0.5, 0.6) is 0 Å². The first kappa shape index (κ1) is 6.62. The summed E-state index contributed by atoms with van der Waals surface area (Å²) < 4.78 is 0. The van der Waals surface area contributed by atoms with E-state index in [2.05, 4.69) is 11.9 Å². The molecule has 0 spiro atoms. The van der Waals surface area contributed by atoms with E-state index in [4.69, 9.17) is 5.73 Å². The maximum absolute atomic E-state index is 5.86. The fraction of sp³-hybridized carbons (Fsp3) is 1.00. The van der Waals surface area contributed by atoms with Crippen molar-refractivity contribution in [3.8, 4) is 0 Å². The summed E-state index contributed by atoms with van der Waals surface area (Å²) in [5.41, 5.74) is 5.86. The molecule has 0 amide bonds. The number of piperidine rings is 1. The molecule has 2 rings (SSSR count). The number of hydrogen-bond donors (Lipinski definition) is 1. The van der Waals surface area contributed by atoms with Crippen LogP contribution in [-0.4, -0.2) is 31.1 Å². The van der Waals surface area contributed by atoms with Gasteiger partial charge >= 0.3 is 0 Å². The fourth-order valence-corrected chi connectivity index (χ4v) is 2.37. The number of hydrogen-bond acceptors (Lipinski definition) is 2. The molecule has 0 aromatic rings. The van der Waals surface area contributed by atoms with E-state index in [-0.39, 0.29) is 0 Å². The van der Waals surface area contributed by atoms with E-state index in [1.165, 1.54) is 25.9 Å². The monoisotopic (exact) mass is 140 g/mol. The molecule has 1 saturated carbocycles. The molecule has 0 unspecified atom stereocenters. The Bertz CT molecular complexity index is 133. The van der Waals surface area contributed by atoms with E-state index >= 15 is 0 Å². The van der Waals surface area contributed by atoms with E-state index < -0.39 is 0 Å². The average Bonchev–Trinajstić information content (AvgIpc) is 1.86. The van der Waals surface area contributed by atoms with Gasteiger partial charge in [0.25, 0.3) is 0 Å². The van der Waals surface area contributed by atoms with E-state index in [0.717, 1.165) is 11.8 Å². The van der Waals surface area contributed by atoms with Crippen LogP contribution in [-0.2, 0) is 0 Å². The minimum atomic E-state index is 0.540. The van der Waals surface area contributed by atoms with Gasteiger partial charge in [0.1, 0.15) is 0 Å². The summed E-state index contributed by atoms with van der Waals surface area (Å²) in [6, 6.07) is 0.540. The summed E-state index contributed by atoms with van der Waals surface area (Å²) in [6.07, 6.45) is 2.61. The van der Waals surface area contributed by atoms with E-state index in [9.17, 15) is 0 Å². The second kappa shape index (κ2) is 2.21. The molecule has 2 nitrogen and oxygen atoms in total. The normalized spacial score (nSPS) is 48.0. The molecule has 0 bridgehead atoms. The Morgan fingerprint density at radius 2 is 2.30 bits per heavy atom. The second-order valence-electron chi connectivity index (χ2n) is 3.87. The summed E-state index contributed by atoms with van der Waals surface area (Å²) in [7, 11) is 2.21. The lowest BCUT2D eigenvalue weighted by molar-refractivity contribution is 0.0385. The van der Waals surface area contributed by atoms with E-state index in [1.807, 2.05) is 0 Å². The van der Waals surface area contributed by atoms with Crippen molar-refractivity contribution < 1.29 is 0 Å². The lowest BCUT2D eigenvalue weighted by Gasteiger charge is -2.48. The van der Waals surface area contributed by atoms with Crippen LogP contribution in [0.3, 0.4) is 0 Å². The van der Waals surface area contributed by atoms with Gasteiger partial charge in [-0.2, -0.15) is 0 Å². The number of fused-ring (bicyclic) bond motifs is 1. The molecular weight excluding hydrogens is 124 g/mol. The number of rotatable bonds is 0. The largest absolute Gasteiger partial charge is 0.327 e.